The molecule has 0 aliphatic carbocycles. The lowest BCUT2D eigenvalue weighted by molar-refractivity contribution is 0.0183. The van der Waals surface area contributed by atoms with Gasteiger partial charge in [0, 0.05) is 30.7 Å². The van der Waals surface area contributed by atoms with E-state index in [1.165, 1.54) is 25.8 Å². The van der Waals surface area contributed by atoms with Crippen LogP contribution in [0.2, 0.25) is 0 Å². The van der Waals surface area contributed by atoms with Crippen LogP contribution in [0.3, 0.4) is 0 Å². The van der Waals surface area contributed by atoms with Gasteiger partial charge in [-0.25, -0.2) is 0 Å². The lowest BCUT2D eigenvalue weighted by Gasteiger charge is -2.49. The van der Waals surface area contributed by atoms with E-state index < -0.39 is 0 Å². The third-order valence-electron chi connectivity index (χ3n) is 4.62. The largest absolute Gasteiger partial charge is 0.311 e. The molecule has 0 bridgehead atoms. The molecule has 0 aromatic carbocycles. The summed E-state index contributed by atoms with van der Waals surface area (Å²) in [6.07, 6.45) is 3.80. The number of rotatable bonds is 5. The van der Waals surface area contributed by atoms with Gasteiger partial charge >= 0.3 is 0 Å². The highest BCUT2D eigenvalue weighted by molar-refractivity contribution is 4.94. The van der Waals surface area contributed by atoms with Crippen LogP contribution in [-0.4, -0.2) is 35.6 Å². The van der Waals surface area contributed by atoms with Crippen LogP contribution in [0.5, 0.6) is 0 Å². The lowest BCUT2D eigenvalue weighted by atomic mass is 9.88. The summed E-state index contributed by atoms with van der Waals surface area (Å²) in [4.78, 5) is 2.75. The number of piperazine rings is 1. The molecule has 2 heteroatoms. The minimum Gasteiger partial charge on any atom is -0.311 e. The zero-order chi connectivity index (χ0) is 13.1. The van der Waals surface area contributed by atoms with Crippen LogP contribution in [0, 0.1) is 5.92 Å². The van der Waals surface area contributed by atoms with Crippen molar-refractivity contribution in [2.45, 2.75) is 78.4 Å². The maximum absolute atomic E-state index is 3.71. The lowest BCUT2D eigenvalue weighted by Crippen LogP contribution is -2.62. The van der Waals surface area contributed by atoms with Crippen LogP contribution in [0.15, 0.2) is 0 Å². The molecule has 0 aromatic heterocycles. The summed E-state index contributed by atoms with van der Waals surface area (Å²) >= 11 is 0. The molecule has 2 atom stereocenters. The average Bonchev–Trinajstić information content (AvgIpc) is 2.30. The minimum absolute atomic E-state index is 0.386. The van der Waals surface area contributed by atoms with Crippen molar-refractivity contribution in [3.05, 3.63) is 0 Å². The summed E-state index contributed by atoms with van der Waals surface area (Å²) in [5.74, 6) is 0.789. The van der Waals surface area contributed by atoms with E-state index in [4.69, 9.17) is 0 Å². The first-order valence-electron chi connectivity index (χ1n) is 7.43. The van der Waals surface area contributed by atoms with E-state index in [-0.39, 0.29) is 0 Å². The summed E-state index contributed by atoms with van der Waals surface area (Å²) in [5, 5.41) is 3.71. The summed E-state index contributed by atoms with van der Waals surface area (Å²) in [6.45, 7) is 16.5. The Kier molecular flexibility index (Phi) is 5.46. The van der Waals surface area contributed by atoms with Crippen LogP contribution in [0.25, 0.3) is 0 Å². The minimum atomic E-state index is 0.386. The standard InChI is InChI=1S/C15H32N2/c1-7-15(6,8-2)17-11-14(9-12(3)4)16-10-13(17)5/h12-14,16H,7-11H2,1-6H3. The first-order chi connectivity index (χ1) is 7.92. The van der Waals surface area contributed by atoms with Gasteiger partial charge in [0.2, 0.25) is 0 Å². The molecule has 2 unspecified atom stereocenters. The third kappa shape index (κ3) is 3.69. The van der Waals surface area contributed by atoms with Crippen molar-refractivity contribution in [1.29, 1.82) is 0 Å². The smallest absolute Gasteiger partial charge is 0.0198 e. The fraction of sp³-hybridized carbons (Fsp3) is 1.00. The topological polar surface area (TPSA) is 15.3 Å². The summed E-state index contributed by atoms with van der Waals surface area (Å²) < 4.78 is 0. The van der Waals surface area contributed by atoms with E-state index in [0.717, 1.165) is 12.5 Å². The second-order valence-corrected chi connectivity index (χ2v) is 6.44. The monoisotopic (exact) mass is 240 g/mol. The predicted octanol–water partition coefficient (Wildman–Crippen LogP) is 3.27. The van der Waals surface area contributed by atoms with Crippen LogP contribution in [0.1, 0.15) is 60.8 Å². The number of nitrogens with one attached hydrogen (secondary N) is 1. The van der Waals surface area contributed by atoms with E-state index in [1.807, 2.05) is 0 Å². The van der Waals surface area contributed by atoms with Gasteiger partial charge in [0.15, 0.2) is 0 Å². The zero-order valence-electron chi connectivity index (χ0n) is 12.7. The molecule has 1 heterocycles. The number of hydrogen-bond donors (Lipinski definition) is 1. The summed E-state index contributed by atoms with van der Waals surface area (Å²) in [6, 6.07) is 1.35. The molecule has 2 nitrogen and oxygen atoms in total. The molecule has 1 fully saturated rings. The molecule has 0 radical (unpaired) electrons. The molecular weight excluding hydrogens is 208 g/mol. The molecule has 1 saturated heterocycles. The van der Waals surface area contributed by atoms with Gasteiger partial charge in [-0.3, -0.25) is 4.90 Å². The van der Waals surface area contributed by atoms with Crippen molar-refractivity contribution in [2.75, 3.05) is 13.1 Å². The molecule has 17 heavy (non-hydrogen) atoms. The fourth-order valence-electron chi connectivity index (χ4n) is 3.06. The van der Waals surface area contributed by atoms with Crippen LogP contribution in [0.4, 0.5) is 0 Å². The molecule has 0 saturated carbocycles. The zero-order valence-corrected chi connectivity index (χ0v) is 12.7. The Labute approximate surface area is 108 Å². The Balaban J connectivity index is 2.68. The number of hydrogen-bond acceptors (Lipinski definition) is 2. The summed E-state index contributed by atoms with van der Waals surface area (Å²) in [5.41, 5.74) is 0.386. The van der Waals surface area contributed by atoms with Crippen molar-refractivity contribution < 1.29 is 0 Å². The maximum Gasteiger partial charge on any atom is 0.0198 e. The normalized spacial score (nSPS) is 27.7. The van der Waals surface area contributed by atoms with E-state index in [0.29, 0.717) is 17.6 Å². The molecule has 0 amide bonds. The fourth-order valence-corrected chi connectivity index (χ4v) is 3.06. The molecular formula is C15H32N2. The van der Waals surface area contributed by atoms with Gasteiger partial charge in [-0.1, -0.05) is 27.7 Å². The van der Waals surface area contributed by atoms with Crippen molar-refractivity contribution in [2.24, 2.45) is 5.92 Å². The average molecular weight is 240 g/mol. The van der Waals surface area contributed by atoms with Gasteiger partial charge in [0.1, 0.15) is 0 Å². The van der Waals surface area contributed by atoms with Crippen molar-refractivity contribution >= 4 is 0 Å². The van der Waals surface area contributed by atoms with Gasteiger partial charge in [-0.15, -0.1) is 0 Å². The van der Waals surface area contributed by atoms with E-state index >= 15 is 0 Å². The van der Waals surface area contributed by atoms with Gasteiger partial charge in [-0.2, -0.15) is 0 Å². The molecule has 0 aromatic rings. The van der Waals surface area contributed by atoms with Crippen molar-refractivity contribution in [1.82, 2.24) is 10.2 Å². The first kappa shape index (κ1) is 15.0. The second kappa shape index (κ2) is 6.19. The van der Waals surface area contributed by atoms with Crippen LogP contribution >= 0.6 is 0 Å². The first-order valence-corrected chi connectivity index (χ1v) is 7.43. The highest BCUT2D eigenvalue weighted by atomic mass is 15.3. The van der Waals surface area contributed by atoms with Gasteiger partial charge in [0.05, 0.1) is 0 Å². The van der Waals surface area contributed by atoms with Crippen molar-refractivity contribution in [3.63, 3.8) is 0 Å². The quantitative estimate of drug-likeness (QED) is 0.793. The predicted molar refractivity (Wildman–Crippen MR) is 76.4 cm³/mol. The molecule has 102 valence electrons. The van der Waals surface area contributed by atoms with E-state index in [2.05, 4.69) is 51.8 Å². The molecule has 1 aliphatic heterocycles. The van der Waals surface area contributed by atoms with Gasteiger partial charge in [0.25, 0.3) is 0 Å². The highest BCUT2D eigenvalue weighted by Crippen LogP contribution is 2.28. The Bertz CT molecular complexity index is 221. The molecule has 1 aliphatic rings. The van der Waals surface area contributed by atoms with E-state index in [9.17, 15) is 0 Å². The number of nitrogens with zero attached hydrogens (tertiary/aromatic N) is 1. The Morgan fingerprint density at radius 1 is 1.29 bits per heavy atom. The molecule has 0 spiro atoms. The second-order valence-electron chi connectivity index (χ2n) is 6.44. The van der Waals surface area contributed by atoms with Gasteiger partial charge < -0.3 is 5.32 Å². The van der Waals surface area contributed by atoms with Gasteiger partial charge in [-0.05, 0) is 39.0 Å². The SMILES string of the molecule is CCC(C)(CC)N1CC(CC(C)C)NCC1C. The maximum atomic E-state index is 3.71. The van der Waals surface area contributed by atoms with Crippen LogP contribution < -0.4 is 5.32 Å². The van der Waals surface area contributed by atoms with E-state index in [1.54, 1.807) is 0 Å². The third-order valence-corrected chi connectivity index (χ3v) is 4.62. The van der Waals surface area contributed by atoms with Crippen LogP contribution in [-0.2, 0) is 0 Å². The Morgan fingerprint density at radius 2 is 1.88 bits per heavy atom. The highest BCUT2D eigenvalue weighted by Gasteiger charge is 2.36. The molecule has 1 rings (SSSR count). The summed E-state index contributed by atoms with van der Waals surface area (Å²) in [7, 11) is 0. The Hall–Kier alpha value is -0.0800. The molecule has 1 N–H and O–H groups in total. The Morgan fingerprint density at radius 3 is 2.35 bits per heavy atom. The van der Waals surface area contributed by atoms with Crippen molar-refractivity contribution in [3.8, 4) is 0 Å².